The standard InChI is InChI=1S/C17H14FNO2/c1-12(20)14-6-4-7-15(11-14)19-17(21)10-9-13-5-2-3-8-16(13)18/h2-11H,1H3,(H,19,21). The van der Waals surface area contributed by atoms with Crippen molar-refractivity contribution in [2.75, 3.05) is 5.32 Å². The van der Waals surface area contributed by atoms with E-state index in [2.05, 4.69) is 5.32 Å². The second-order valence-corrected chi connectivity index (χ2v) is 4.48. The van der Waals surface area contributed by atoms with Crippen LogP contribution in [0.4, 0.5) is 10.1 Å². The van der Waals surface area contributed by atoms with Crippen molar-refractivity contribution in [1.82, 2.24) is 0 Å². The van der Waals surface area contributed by atoms with Crippen LogP contribution in [0.5, 0.6) is 0 Å². The Morgan fingerprint density at radius 3 is 2.57 bits per heavy atom. The summed E-state index contributed by atoms with van der Waals surface area (Å²) in [6, 6.07) is 12.8. The van der Waals surface area contributed by atoms with Gasteiger partial charge in [0.2, 0.25) is 5.91 Å². The van der Waals surface area contributed by atoms with Crippen LogP contribution in [0.3, 0.4) is 0 Å². The van der Waals surface area contributed by atoms with Crippen molar-refractivity contribution in [3.05, 3.63) is 71.6 Å². The molecule has 0 aliphatic rings. The molecule has 1 N–H and O–H groups in total. The fraction of sp³-hybridized carbons (Fsp3) is 0.0588. The summed E-state index contributed by atoms with van der Waals surface area (Å²) in [6.07, 6.45) is 2.65. The van der Waals surface area contributed by atoms with Gasteiger partial charge in [-0.05, 0) is 31.2 Å². The lowest BCUT2D eigenvalue weighted by Gasteiger charge is -2.03. The van der Waals surface area contributed by atoms with Crippen molar-refractivity contribution in [2.24, 2.45) is 0 Å². The maximum atomic E-state index is 13.4. The smallest absolute Gasteiger partial charge is 0.248 e. The van der Waals surface area contributed by atoms with E-state index in [1.54, 1.807) is 42.5 Å². The van der Waals surface area contributed by atoms with Gasteiger partial charge in [-0.3, -0.25) is 9.59 Å². The van der Waals surface area contributed by atoms with Gasteiger partial charge in [-0.1, -0.05) is 30.3 Å². The number of carbonyl (C=O) groups excluding carboxylic acids is 2. The first kappa shape index (κ1) is 14.7. The maximum absolute atomic E-state index is 13.4. The molecule has 0 saturated heterocycles. The maximum Gasteiger partial charge on any atom is 0.248 e. The van der Waals surface area contributed by atoms with Gasteiger partial charge in [0, 0.05) is 22.9 Å². The average molecular weight is 283 g/mol. The van der Waals surface area contributed by atoms with Crippen molar-refractivity contribution >= 4 is 23.5 Å². The zero-order chi connectivity index (χ0) is 15.2. The number of halogens is 1. The molecule has 0 unspecified atom stereocenters. The summed E-state index contributed by atoms with van der Waals surface area (Å²) in [7, 11) is 0. The lowest BCUT2D eigenvalue weighted by Crippen LogP contribution is -2.08. The number of anilines is 1. The third-order valence-corrected chi connectivity index (χ3v) is 2.86. The van der Waals surface area contributed by atoms with Crippen LogP contribution in [-0.2, 0) is 4.79 Å². The van der Waals surface area contributed by atoms with E-state index in [0.29, 0.717) is 16.8 Å². The van der Waals surface area contributed by atoms with Gasteiger partial charge in [-0.2, -0.15) is 0 Å². The molecule has 0 aliphatic carbocycles. The quantitative estimate of drug-likeness (QED) is 0.687. The first-order valence-electron chi connectivity index (χ1n) is 6.41. The molecule has 0 fully saturated rings. The molecule has 0 bridgehead atoms. The van der Waals surface area contributed by atoms with Gasteiger partial charge in [0.15, 0.2) is 5.78 Å². The van der Waals surface area contributed by atoms with Gasteiger partial charge >= 0.3 is 0 Å². The summed E-state index contributed by atoms with van der Waals surface area (Å²) in [5.41, 5.74) is 1.38. The highest BCUT2D eigenvalue weighted by Gasteiger charge is 2.03. The van der Waals surface area contributed by atoms with Crippen LogP contribution in [0.1, 0.15) is 22.8 Å². The van der Waals surface area contributed by atoms with E-state index >= 15 is 0 Å². The summed E-state index contributed by atoms with van der Waals surface area (Å²) in [5, 5.41) is 2.63. The molecule has 0 atom stereocenters. The Labute approximate surface area is 122 Å². The molecule has 0 heterocycles. The van der Waals surface area contributed by atoms with Crippen LogP contribution < -0.4 is 5.32 Å². The molecule has 0 aromatic heterocycles. The summed E-state index contributed by atoms with van der Waals surface area (Å²) in [4.78, 5) is 23.0. The molecule has 3 nitrogen and oxygen atoms in total. The highest BCUT2D eigenvalue weighted by Crippen LogP contribution is 2.12. The molecule has 106 valence electrons. The summed E-state index contributed by atoms with van der Waals surface area (Å²) in [6.45, 7) is 1.46. The van der Waals surface area contributed by atoms with Crippen LogP contribution in [0.25, 0.3) is 6.08 Å². The van der Waals surface area contributed by atoms with Crippen molar-refractivity contribution in [2.45, 2.75) is 6.92 Å². The van der Waals surface area contributed by atoms with Crippen LogP contribution in [-0.4, -0.2) is 11.7 Å². The predicted octanol–water partition coefficient (Wildman–Crippen LogP) is 3.68. The number of rotatable bonds is 4. The first-order valence-corrected chi connectivity index (χ1v) is 6.41. The third kappa shape index (κ3) is 4.11. The number of Topliss-reactive ketones (excluding diaryl/α,β-unsaturated/α-hetero) is 1. The molecule has 0 spiro atoms. The summed E-state index contributed by atoms with van der Waals surface area (Å²) < 4.78 is 13.4. The third-order valence-electron chi connectivity index (χ3n) is 2.86. The van der Waals surface area contributed by atoms with Crippen molar-refractivity contribution in [3.8, 4) is 0 Å². The van der Waals surface area contributed by atoms with Crippen molar-refractivity contribution in [1.29, 1.82) is 0 Å². The summed E-state index contributed by atoms with van der Waals surface area (Å²) in [5.74, 6) is -0.855. The Morgan fingerprint density at radius 1 is 1.10 bits per heavy atom. The fourth-order valence-corrected chi connectivity index (χ4v) is 1.78. The van der Waals surface area contributed by atoms with E-state index in [1.165, 1.54) is 25.1 Å². The van der Waals surface area contributed by atoms with Crippen LogP contribution in [0.15, 0.2) is 54.6 Å². The molecule has 2 aromatic rings. The van der Waals surface area contributed by atoms with Crippen molar-refractivity contribution in [3.63, 3.8) is 0 Å². The first-order chi connectivity index (χ1) is 10.1. The lowest BCUT2D eigenvalue weighted by atomic mass is 10.1. The zero-order valence-electron chi connectivity index (χ0n) is 11.5. The van der Waals surface area contributed by atoms with E-state index in [0.717, 1.165) is 0 Å². The normalized spacial score (nSPS) is 10.6. The largest absolute Gasteiger partial charge is 0.322 e. The Morgan fingerprint density at radius 2 is 1.86 bits per heavy atom. The van der Waals surface area contributed by atoms with E-state index in [4.69, 9.17) is 0 Å². The number of ketones is 1. The number of hydrogen-bond acceptors (Lipinski definition) is 2. The number of benzene rings is 2. The molecule has 4 heteroatoms. The molecule has 0 radical (unpaired) electrons. The molecular formula is C17H14FNO2. The molecular weight excluding hydrogens is 269 g/mol. The van der Waals surface area contributed by atoms with Gasteiger partial charge in [-0.15, -0.1) is 0 Å². The SMILES string of the molecule is CC(=O)c1cccc(NC(=O)C=Cc2ccccc2F)c1. The highest BCUT2D eigenvalue weighted by atomic mass is 19.1. The topological polar surface area (TPSA) is 46.2 Å². The highest BCUT2D eigenvalue weighted by molar-refractivity contribution is 6.03. The van der Waals surface area contributed by atoms with E-state index in [1.807, 2.05) is 0 Å². The average Bonchev–Trinajstić information content (AvgIpc) is 2.46. The second kappa shape index (κ2) is 6.61. The molecule has 0 saturated carbocycles. The van der Waals surface area contributed by atoms with Crippen LogP contribution in [0.2, 0.25) is 0 Å². The van der Waals surface area contributed by atoms with E-state index in [9.17, 15) is 14.0 Å². The minimum absolute atomic E-state index is 0.0759. The lowest BCUT2D eigenvalue weighted by molar-refractivity contribution is -0.111. The van der Waals surface area contributed by atoms with Crippen molar-refractivity contribution < 1.29 is 14.0 Å². The number of hydrogen-bond donors (Lipinski definition) is 1. The second-order valence-electron chi connectivity index (χ2n) is 4.48. The van der Waals surface area contributed by atoms with Gasteiger partial charge in [0.05, 0.1) is 0 Å². The van der Waals surface area contributed by atoms with Gasteiger partial charge in [-0.25, -0.2) is 4.39 Å². The van der Waals surface area contributed by atoms with Crippen LogP contribution in [0, 0.1) is 5.82 Å². The molecule has 21 heavy (non-hydrogen) atoms. The minimum Gasteiger partial charge on any atom is -0.322 e. The predicted molar refractivity (Wildman–Crippen MR) is 80.5 cm³/mol. The zero-order valence-corrected chi connectivity index (χ0v) is 11.5. The number of amides is 1. The van der Waals surface area contributed by atoms with E-state index < -0.39 is 0 Å². The Kier molecular flexibility index (Phi) is 4.61. The van der Waals surface area contributed by atoms with Crippen LogP contribution >= 0.6 is 0 Å². The molecule has 1 amide bonds. The fourth-order valence-electron chi connectivity index (χ4n) is 1.78. The Balaban J connectivity index is 2.07. The molecule has 0 aliphatic heterocycles. The van der Waals surface area contributed by atoms with Gasteiger partial charge in [0.1, 0.15) is 5.82 Å². The monoisotopic (exact) mass is 283 g/mol. The minimum atomic E-state index is -0.390. The number of carbonyl (C=O) groups is 2. The molecule has 2 rings (SSSR count). The van der Waals surface area contributed by atoms with E-state index in [-0.39, 0.29) is 17.5 Å². The van der Waals surface area contributed by atoms with Gasteiger partial charge < -0.3 is 5.32 Å². The Hall–Kier alpha value is -2.75. The Bertz CT molecular complexity index is 707. The molecule has 2 aromatic carbocycles. The number of nitrogens with one attached hydrogen (secondary N) is 1. The van der Waals surface area contributed by atoms with Gasteiger partial charge in [0.25, 0.3) is 0 Å². The summed E-state index contributed by atoms with van der Waals surface area (Å²) >= 11 is 0.